The second-order valence-corrected chi connectivity index (χ2v) is 10.5. The first-order valence-electron chi connectivity index (χ1n) is 12.9. The number of hydrogen-bond acceptors (Lipinski definition) is 5. The van der Waals surface area contributed by atoms with Gasteiger partial charge in [0, 0.05) is 6.42 Å². The van der Waals surface area contributed by atoms with E-state index in [1.165, 1.54) is 0 Å². The molecule has 0 heterocycles. The summed E-state index contributed by atoms with van der Waals surface area (Å²) in [5.41, 5.74) is 2.66. The average molecular weight is 505 g/mol. The molecule has 5 nitrogen and oxygen atoms in total. The number of ether oxygens (including phenoxy) is 3. The largest absolute Gasteiger partial charge is 0.497 e. The molecule has 1 unspecified atom stereocenters. The summed E-state index contributed by atoms with van der Waals surface area (Å²) in [6.07, 6.45) is 3.76. The Kier molecular flexibility index (Phi) is 9.39. The molecule has 1 N–H and O–H groups in total. The molecule has 5 heteroatoms. The first kappa shape index (κ1) is 28.3. The van der Waals surface area contributed by atoms with Crippen molar-refractivity contribution in [2.45, 2.75) is 71.0 Å². The van der Waals surface area contributed by atoms with Gasteiger partial charge in [0.05, 0.1) is 14.2 Å². The number of rotatable bonds is 11. The van der Waals surface area contributed by atoms with Gasteiger partial charge in [0.15, 0.2) is 0 Å². The van der Waals surface area contributed by atoms with E-state index in [9.17, 15) is 9.90 Å². The molecule has 0 fully saturated rings. The van der Waals surface area contributed by atoms with Crippen LogP contribution in [0.25, 0.3) is 0 Å². The van der Waals surface area contributed by atoms with Gasteiger partial charge in [-0.2, -0.15) is 0 Å². The molecule has 0 aromatic heterocycles. The molecule has 0 saturated carbocycles. The van der Waals surface area contributed by atoms with Crippen LogP contribution in [0.15, 0.2) is 66.7 Å². The van der Waals surface area contributed by atoms with E-state index in [0.29, 0.717) is 6.42 Å². The van der Waals surface area contributed by atoms with E-state index in [2.05, 4.69) is 0 Å². The maximum absolute atomic E-state index is 12.3. The average Bonchev–Trinajstić information content (AvgIpc) is 2.87. The van der Waals surface area contributed by atoms with Gasteiger partial charge in [0.25, 0.3) is 0 Å². The highest BCUT2D eigenvalue weighted by atomic mass is 16.6. The maximum Gasteiger partial charge on any atom is 0.306 e. The minimum absolute atomic E-state index is 0.158. The van der Waals surface area contributed by atoms with Crippen molar-refractivity contribution in [1.82, 2.24) is 0 Å². The summed E-state index contributed by atoms with van der Waals surface area (Å²) in [7, 11) is 3.29. The molecule has 0 aliphatic rings. The highest BCUT2D eigenvalue weighted by Gasteiger charge is 2.34. The predicted octanol–water partition coefficient (Wildman–Crippen LogP) is 6.74. The van der Waals surface area contributed by atoms with Gasteiger partial charge >= 0.3 is 5.97 Å². The zero-order valence-corrected chi connectivity index (χ0v) is 23.0. The molecule has 0 aliphatic carbocycles. The highest BCUT2D eigenvalue weighted by molar-refractivity contribution is 5.69. The van der Waals surface area contributed by atoms with Gasteiger partial charge < -0.3 is 19.3 Å². The summed E-state index contributed by atoms with van der Waals surface area (Å²) >= 11 is 0. The van der Waals surface area contributed by atoms with Crippen molar-refractivity contribution in [3.63, 3.8) is 0 Å². The summed E-state index contributed by atoms with van der Waals surface area (Å²) in [5, 5.41) is 12.3. The van der Waals surface area contributed by atoms with Gasteiger partial charge in [-0.3, -0.25) is 4.79 Å². The van der Waals surface area contributed by atoms with E-state index in [1.54, 1.807) is 14.2 Å². The molecule has 0 amide bonds. The van der Waals surface area contributed by atoms with Gasteiger partial charge in [-0.15, -0.1) is 0 Å². The second-order valence-electron chi connectivity index (χ2n) is 10.5. The second kappa shape index (κ2) is 12.3. The smallest absolute Gasteiger partial charge is 0.306 e. The lowest BCUT2D eigenvalue weighted by Crippen LogP contribution is -2.29. The summed E-state index contributed by atoms with van der Waals surface area (Å²) in [6, 6.07) is 21.4. The summed E-state index contributed by atoms with van der Waals surface area (Å²) in [5.74, 6) is 1.36. The summed E-state index contributed by atoms with van der Waals surface area (Å²) < 4.78 is 16.4. The Morgan fingerprint density at radius 1 is 0.784 bits per heavy atom. The Morgan fingerprint density at radius 2 is 1.38 bits per heavy atom. The van der Waals surface area contributed by atoms with E-state index < -0.39 is 11.2 Å². The summed E-state index contributed by atoms with van der Waals surface area (Å²) in [4.78, 5) is 12.0. The van der Waals surface area contributed by atoms with Crippen molar-refractivity contribution in [1.29, 1.82) is 0 Å². The van der Waals surface area contributed by atoms with Crippen molar-refractivity contribution in [3.8, 4) is 11.5 Å². The molecule has 37 heavy (non-hydrogen) atoms. The van der Waals surface area contributed by atoms with Crippen molar-refractivity contribution in [2.75, 3.05) is 14.2 Å². The topological polar surface area (TPSA) is 65.0 Å². The number of methoxy groups -OCH3 is 2. The van der Waals surface area contributed by atoms with Crippen LogP contribution in [-0.4, -0.2) is 30.9 Å². The number of carbonyl (C=O) groups is 1. The molecular formula is C32H40O5. The van der Waals surface area contributed by atoms with Crippen LogP contribution in [-0.2, 0) is 21.6 Å². The van der Waals surface area contributed by atoms with Crippen molar-refractivity contribution in [3.05, 3.63) is 94.5 Å². The Balaban J connectivity index is 1.85. The van der Waals surface area contributed by atoms with E-state index in [4.69, 9.17) is 14.2 Å². The zero-order chi connectivity index (χ0) is 27.1. The number of aliphatic hydroxyl groups is 1. The lowest BCUT2D eigenvalue weighted by molar-refractivity contribution is -0.154. The van der Waals surface area contributed by atoms with Crippen molar-refractivity contribution >= 4 is 5.97 Å². The van der Waals surface area contributed by atoms with Crippen LogP contribution in [0.4, 0.5) is 0 Å². The van der Waals surface area contributed by atoms with Crippen LogP contribution in [0, 0.1) is 6.92 Å². The standard InChI is InChI=1S/C32H40O5/c1-23-12-14-25(15-13-23)32(34,26-16-19-28(35-5)20-17-26)27-18-21-29(36-6)24(22-27)10-8-7-9-11-30(33)37-31(2,3)4/h12-22,34H,7-11H2,1-6H3. The predicted molar refractivity (Wildman–Crippen MR) is 147 cm³/mol. The number of benzene rings is 3. The summed E-state index contributed by atoms with van der Waals surface area (Å²) in [6.45, 7) is 7.68. The molecule has 3 rings (SSSR count). The van der Waals surface area contributed by atoms with E-state index in [0.717, 1.165) is 65.0 Å². The molecule has 0 saturated heterocycles. The number of unbranched alkanes of at least 4 members (excludes halogenated alkanes) is 2. The van der Waals surface area contributed by atoms with E-state index >= 15 is 0 Å². The van der Waals surface area contributed by atoms with Gasteiger partial charge in [-0.25, -0.2) is 0 Å². The van der Waals surface area contributed by atoms with Gasteiger partial charge in [-0.1, -0.05) is 54.4 Å². The quantitative estimate of drug-likeness (QED) is 0.178. The number of carbonyl (C=O) groups excluding carboxylic acids is 1. The third-order valence-electron chi connectivity index (χ3n) is 6.42. The normalized spacial score (nSPS) is 13.1. The Bertz CT molecular complexity index is 1160. The fraction of sp³-hybridized carbons (Fsp3) is 0.406. The van der Waals surface area contributed by atoms with Crippen LogP contribution in [0.3, 0.4) is 0 Å². The fourth-order valence-electron chi connectivity index (χ4n) is 4.48. The monoisotopic (exact) mass is 504 g/mol. The van der Waals surface area contributed by atoms with Crippen LogP contribution < -0.4 is 9.47 Å². The Morgan fingerprint density at radius 3 is 1.95 bits per heavy atom. The van der Waals surface area contributed by atoms with Crippen LogP contribution in [0.2, 0.25) is 0 Å². The van der Waals surface area contributed by atoms with Crippen LogP contribution in [0.1, 0.15) is 74.3 Å². The minimum atomic E-state index is -1.35. The third-order valence-corrected chi connectivity index (χ3v) is 6.42. The van der Waals surface area contributed by atoms with E-state index in [-0.39, 0.29) is 5.97 Å². The van der Waals surface area contributed by atoms with Crippen molar-refractivity contribution < 1.29 is 24.1 Å². The molecule has 0 radical (unpaired) electrons. The molecule has 0 spiro atoms. The Hall–Kier alpha value is -3.31. The third kappa shape index (κ3) is 7.36. The Labute approximate surface area is 221 Å². The molecular weight excluding hydrogens is 464 g/mol. The molecule has 0 bridgehead atoms. The molecule has 1 atom stereocenters. The molecule has 0 aliphatic heterocycles. The zero-order valence-electron chi connectivity index (χ0n) is 23.0. The first-order chi connectivity index (χ1) is 17.6. The maximum atomic E-state index is 12.3. The fourth-order valence-corrected chi connectivity index (χ4v) is 4.48. The highest BCUT2D eigenvalue weighted by Crippen LogP contribution is 2.39. The lowest BCUT2D eigenvalue weighted by Gasteiger charge is -2.31. The minimum Gasteiger partial charge on any atom is -0.497 e. The van der Waals surface area contributed by atoms with Crippen molar-refractivity contribution in [2.24, 2.45) is 0 Å². The van der Waals surface area contributed by atoms with Crippen LogP contribution in [0.5, 0.6) is 11.5 Å². The molecule has 3 aromatic carbocycles. The number of esters is 1. The molecule has 3 aromatic rings. The lowest BCUT2D eigenvalue weighted by atomic mass is 9.79. The van der Waals surface area contributed by atoms with Gasteiger partial charge in [0.2, 0.25) is 0 Å². The molecule has 198 valence electrons. The number of aryl methyl sites for hydroxylation is 2. The number of hydrogen-bond donors (Lipinski definition) is 1. The van der Waals surface area contributed by atoms with Gasteiger partial charge in [0.1, 0.15) is 22.7 Å². The SMILES string of the molecule is COc1ccc(C(O)(c2ccc(C)cc2)c2ccc(OC)c(CCCCCC(=O)OC(C)(C)C)c2)cc1. The van der Waals surface area contributed by atoms with Crippen LogP contribution >= 0.6 is 0 Å². The van der Waals surface area contributed by atoms with E-state index in [1.807, 2.05) is 94.4 Å². The first-order valence-corrected chi connectivity index (χ1v) is 12.9. The van der Waals surface area contributed by atoms with Gasteiger partial charge in [-0.05, 0) is 93.5 Å².